The van der Waals surface area contributed by atoms with Crippen molar-refractivity contribution in [3.05, 3.63) is 65.0 Å². The lowest BCUT2D eigenvalue weighted by atomic mass is 9.85. The molecule has 1 aliphatic heterocycles. The first kappa shape index (κ1) is 14.1. The summed E-state index contributed by atoms with van der Waals surface area (Å²) in [5.41, 5.74) is 3.29. The lowest BCUT2D eigenvalue weighted by Gasteiger charge is -2.20. The molecule has 0 fully saturated rings. The minimum absolute atomic E-state index is 0.0194. The fraction of sp³-hybridized carbons (Fsp3) is 0.333. The molecule has 0 saturated heterocycles. The van der Waals surface area contributed by atoms with E-state index in [1.165, 1.54) is 11.6 Å². The summed E-state index contributed by atoms with van der Waals surface area (Å²) in [6.07, 6.45) is 0. The van der Waals surface area contributed by atoms with Gasteiger partial charge in [0.15, 0.2) is 0 Å². The normalized spacial score (nSPS) is 17.1. The van der Waals surface area contributed by atoms with Crippen LogP contribution in [-0.4, -0.2) is 13.7 Å². The van der Waals surface area contributed by atoms with E-state index in [1.54, 1.807) is 12.1 Å². The van der Waals surface area contributed by atoms with E-state index in [0.717, 1.165) is 16.9 Å². The second-order valence-corrected chi connectivity index (χ2v) is 6.20. The Balaban J connectivity index is 2.03. The summed E-state index contributed by atoms with van der Waals surface area (Å²) in [5.74, 6) is 0.746. The topological polar surface area (TPSA) is 21.3 Å². The standard InChI is InChI=1S/C18H20FNO/c1-18(2)11-21-16-8-7-13(10-15(16)18)17(20-3)12-5-4-6-14(19)9-12/h4-10,17,20H,11H2,1-3H3. The van der Waals surface area contributed by atoms with Gasteiger partial charge in [-0.25, -0.2) is 4.39 Å². The molecule has 0 radical (unpaired) electrons. The molecule has 2 aromatic rings. The molecule has 110 valence electrons. The molecule has 0 bridgehead atoms. The Labute approximate surface area is 125 Å². The maximum absolute atomic E-state index is 13.5. The van der Waals surface area contributed by atoms with Gasteiger partial charge in [-0.2, -0.15) is 0 Å². The van der Waals surface area contributed by atoms with Gasteiger partial charge in [-0.3, -0.25) is 0 Å². The van der Waals surface area contributed by atoms with Crippen LogP contribution in [0.4, 0.5) is 4.39 Å². The van der Waals surface area contributed by atoms with E-state index >= 15 is 0 Å². The predicted octanol–water partition coefficient (Wildman–Crippen LogP) is 3.80. The lowest BCUT2D eigenvalue weighted by molar-refractivity contribution is 0.291. The van der Waals surface area contributed by atoms with Crippen LogP contribution in [-0.2, 0) is 5.41 Å². The third-order valence-corrected chi connectivity index (χ3v) is 4.13. The smallest absolute Gasteiger partial charge is 0.123 e. The zero-order valence-electron chi connectivity index (χ0n) is 12.6. The molecule has 2 nitrogen and oxygen atoms in total. The van der Waals surface area contributed by atoms with Crippen LogP contribution in [0.15, 0.2) is 42.5 Å². The monoisotopic (exact) mass is 285 g/mol. The Kier molecular flexibility index (Phi) is 3.46. The first-order valence-corrected chi connectivity index (χ1v) is 7.21. The van der Waals surface area contributed by atoms with E-state index in [2.05, 4.69) is 25.2 Å². The summed E-state index contributed by atoms with van der Waals surface area (Å²) in [7, 11) is 1.89. The fourth-order valence-electron chi connectivity index (χ4n) is 2.93. The molecule has 1 N–H and O–H groups in total. The van der Waals surface area contributed by atoms with Gasteiger partial charge in [0.05, 0.1) is 12.6 Å². The molecule has 1 unspecified atom stereocenters. The van der Waals surface area contributed by atoms with Crippen molar-refractivity contribution in [3.8, 4) is 5.75 Å². The molecule has 1 aliphatic rings. The maximum atomic E-state index is 13.5. The molecule has 0 aliphatic carbocycles. The Bertz CT molecular complexity index is 666. The van der Waals surface area contributed by atoms with Crippen LogP contribution in [0.25, 0.3) is 0 Å². The minimum Gasteiger partial charge on any atom is -0.492 e. The highest BCUT2D eigenvalue weighted by Gasteiger charge is 2.32. The number of benzene rings is 2. The average molecular weight is 285 g/mol. The van der Waals surface area contributed by atoms with Crippen molar-refractivity contribution >= 4 is 0 Å². The molecule has 2 aromatic carbocycles. The second-order valence-electron chi connectivity index (χ2n) is 6.20. The maximum Gasteiger partial charge on any atom is 0.123 e. The molecule has 0 aromatic heterocycles. The van der Waals surface area contributed by atoms with Gasteiger partial charge in [-0.15, -0.1) is 0 Å². The van der Waals surface area contributed by atoms with Gasteiger partial charge in [0.2, 0.25) is 0 Å². The Morgan fingerprint density at radius 2 is 1.90 bits per heavy atom. The minimum atomic E-state index is -0.211. The number of ether oxygens (including phenoxy) is 1. The molecule has 3 heteroatoms. The van der Waals surface area contributed by atoms with Crippen LogP contribution >= 0.6 is 0 Å². The summed E-state index contributed by atoms with van der Waals surface area (Å²) in [5, 5.41) is 3.27. The zero-order valence-corrected chi connectivity index (χ0v) is 12.6. The molecule has 1 heterocycles. The highest BCUT2D eigenvalue weighted by atomic mass is 19.1. The lowest BCUT2D eigenvalue weighted by Crippen LogP contribution is -2.20. The van der Waals surface area contributed by atoms with Crippen LogP contribution in [0.3, 0.4) is 0 Å². The number of rotatable bonds is 3. The summed E-state index contributed by atoms with van der Waals surface area (Å²) >= 11 is 0. The molecule has 0 spiro atoms. The summed E-state index contributed by atoms with van der Waals surface area (Å²) in [6.45, 7) is 5.06. The predicted molar refractivity (Wildman–Crippen MR) is 82.3 cm³/mol. The van der Waals surface area contributed by atoms with Gasteiger partial charge in [0, 0.05) is 11.0 Å². The van der Waals surface area contributed by atoms with Crippen molar-refractivity contribution in [3.63, 3.8) is 0 Å². The van der Waals surface area contributed by atoms with E-state index in [4.69, 9.17) is 4.74 Å². The Morgan fingerprint density at radius 1 is 1.14 bits per heavy atom. The first-order chi connectivity index (χ1) is 10.0. The number of nitrogens with one attached hydrogen (secondary N) is 1. The van der Waals surface area contributed by atoms with Gasteiger partial charge < -0.3 is 10.1 Å². The number of hydrogen-bond acceptors (Lipinski definition) is 2. The average Bonchev–Trinajstić information content (AvgIpc) is 2.76. The third-order valence-electron chi connectivity index (χ3n) is 4.13. The SMILES string of the molecule is CNC(c1cccc(F)c1)c1ccc2c(c1)C(C)(C)CO2. The quantitative estimate of drug-likeness (QED) is 0.926. The highest BCUT2D eigenvalue weighted by molar-refractivity contribution is 5.47. The summed E-state index contributed by atoms with van der Waals surface area (Å²) < 4.78 is 19.2. The van der Waals surface area contributed by atoms with Crippen LogP contribution in [0.2, 0.25) is 0 Å². The van der Waals surface area contributed by atoms with Gasteiger partial charge in [0.25, 0.3) is 0 Å². The Morgan fingerprint density at radius 3 is 2.62 bits per heavy atom. The second kappa shape index (κ2) is 5.15. The van der Waals surface area contributed by atoms with Crippen LogP contribution in [0, 0.1) is 5.82 Å². The van der Waals surface area contributed by atoms with Crippen molar-refractivity contribution in [1.29, 1.82) is 0 Å². The van der Waals surface area contributed by atoms with E-state index in [9.17, 15) is 4.39 Å². The van der Waals surface area contributed by atoms with E-state index in [-0.39, 0.29) is 17.3 Å². The van der Waals surface area contributed by atoms with Crippen molar-refractivity contribution in [2.75, 3.05) is 13.7 Å². The molecule has 0 amide bonds. The van der Waals surface area contributed by atoms with E-state index in [1.807, 2.05) is 25.2 Å². The van der Waals surface area contributed by atoms with Gasteiger partial charge >= 0.3 is 0 Å². The molecular formula is C18H20FNO. The van der Waals surface area contributed by atoms with E-state index in [0.29, 0.717) is 6.61 Å². The van der Waals surface area contributed by atoms with Crippen molar-refractivity contribution in [2.24, 2.45) is 0 Å². The molecule has 21 heavy (non-hydrogen) atoms. The Hall–Kier alpha value is -1.87. The van der Waals surface area contributed by atoms with Crippen LogP contribution < -0.4 is 10.1 Å². The van der Waals surface area contributed by atoms with Crippen molar-refractivity contribution < 1.29 is 9.13 Å². The van der Waals surface area contributed by atoms with Crippen LogP contribution in [0.1, 0.15) is 36.6 Å². The van der Waals surface area contributed by atoms with Gasteiger partial charge in [0.1, 0.15) is 11.6 Å². The van der Waals surface area contributed by atoms with Crippen LogP contribution in [0.5, 0.6) is 5.75 Å². The number of halogens is 1. The summed E-state index contributed by atoms with van der Waals surface area (Å²) in [6, 6.07) is 13.0. The highest BCUT2D eigenvalue weighted by Crippen LogP contribution is 2.40. The molecule has 3 rings (SSSR count). The zero-order chi connectivity index (χ0) is 15.0. The van der Waals surface area contributed by atoms with E-state index < -0.39 is 0 Å². The van der Waals surface area contributed by atoms with Crippen molar-refractivity contribution in [2.45, 2.75) is 25.3 Å². The van der Waals surface area contributed by atoms with Crippen molar-refractivity contribution in [1.82, 2.24) is 5.32 Å². The first-order valence-electron chi connectivity index (χ1n) is 7.21. The third kappa shape index (κ3) is 2.54. The molecule has 1 atom stereocenters. The number of fused-ring (bicyclic) bond motifs is 1. The fourth-order valence-corrected chi connectivity index (χ4v) is 2.93. The summed E-state index contributed by atoms with van der Waals surface area (Å²) in [4.78, 5) is 0. The number of hydrogen-bond donors (Lipinski definition) is 1. The molecule has 0 saturated carbocycles. The van der Waals surface area contributed by atoms with Gasteiger partial charge in [-0.1, -0.05) is 32.0 Å². The molecular weight excluding hydrogens is 265 g/mol. The largest absolute Gasteiger partial charge is 0.492 e. The van der Waals surface area contributed by atoms with Gasteiger partial charge in [-0.05, 0) is 42.4 Å².